The Balaban J connectivity index is 2.19. The molecule has 2 aromatic carbocycles. The molecule has 1 atom stereocenters. The van der Waals surface area contributed by atoms with Crippen molar-refractivity contribution in [3.63, 3.8) is 0 Å². The molecule has 0 fully saturated rings. The minimum atomic E-state index is -0.841. The van der Waals surface area contributed by atoms with E-state index < -0.39 is 5.54 Å². The summed E-state index contributed by atoms with van der Waals surface area (Å²) >= 11 is 12.0. The van der Waals surface area contributed by atoms with Crippen molar-refractivity contribution in [2.75, 3.05) is 13.2 Å². The third-order valence-electron chi connectivity index (χ3n) is 3.95. The van der Waals surface area contributed by atoms with Crippen LogP contribution >= 0.6 is 23.2 Å². The largest absolute Gasteiger partial charge is 0.394 e. The minimum absolute atomic E-state index is 0.0155. The number of hydrogen-bond acceptors (Lipinski definition) is 3. The lowest BCUT2D eigenvalue weighted by molar-refractivity contribution is 0.0822. The van der Waals surface area contributed by atoms with Crippen LogP contribution in [-0.2, 0) is 6.42 Å². The fourth-order valence-corrected chi connectivity index (χ4v) is 2.95. The van der Waals surface area contributed by atoms with Crippen LogP contribution < -0.4 is 5.32 Å². The first-order chi connectivity index (χ1) is 11.0. The first-order valence-corrected chi connectivity index (χ1v) is 8.23. The van der Waals surface area contributed by atoms with Crippen molar-refractivity contribution in [2.45, 2.75) is 24.9 Å². The molecule has 0 heterocycles. The molecule has 0 spiro atoms. The van der Waals surface area contributed by atoms with Crippen LogP contribution in [0.2, 0.25) is 10.0 Å². The van der Waals surface area contributed by atoms with Crippen LogP contribution in [0, 0.1) is 0 Å². The Labute approximate surface area is 146 Å². The van der Waals surface area contributed by atoms with Crippen molar-refractivity contribution in [3.05, 3.63) is 69.7 Å². The maximum Gasteiger partial charge on any atom is 0.0693 e. The summed E-state index contributed by atoms with van der Waals surface area (Å²) in [4.78, 5) is 0. The average molecular weight is 354 g/mol. The number of aliphatic hydroxyl groups excluding tert-OH is 2. The number of nitrogens with one attached hydrogen (secondary N) is 1. The zero-order valence-electron chi connectivity index (χ0n) is 13.0. The van der Waals surface area contributed by atoms with Crippen LogP contribution in [0.5, 0.6) is 0 Å². The summed E-state index contributed by atoms with van der Waals surface area (Å²) in [6.07, 6.45) is 0.439. The van der Waals surface area contributed by atoms with E-state index in [2.05, 4.69) is 5.32 Å². The van der Waals surface area contributed by atoms with Gasteiger partial charge in [0, 0.05) is 6.04 Å². The van der Waals surface area contributed by atoms with Crippen molar-refractivity contribution in [1.29, 1.82) is 0 Å². The van der Waals surface area contributed by atoms with Crippen molar-refractivity contribution < 1.29 is 10.2 Å². The maximum atomic E-state index is 9.88. The Kier molecular flexibility index (Phi) is 6.45. The molecule has 2 rings (SSSR count). The molecule has 3 N–H and O–H groups in total. The monoisotopic (exact) mass is 353 g/mol. The third-order valence-corrected chi connectivity index (χ3v) is 4.69. The molecule has 0 aromatic heterocycles. The van der Waals surface area contributed by atoms with Gasteiger partial charge in [-0.2, -0.15) is 0 Å². The van der Waals surface area contributed by atoms with Crippen LogP contribution in [0.3, 0.4) is 0 Å². The maximum absolute atomic E-state index is 9.88. The smallest absolute Gasteiger partial charge is 0.0693 e. The van der Waals surface area contributed by atoms with Gasteiger partial charge in [-0.15, -0.1) is 0 Å². The molecule has 2 aromatic rings. The lowest BCUT2D eigenvalue weighted by Crippen LogP contribution is -2.54. The molecule has 0 amide bonds. The summed E-state index contributed by atoms with van der Waals surface area (Å²) in [7, 11) is 0. The molecule has 0 saturated carbocycles. The first kappa shape index (κ1) is 18.2. The van der Waals surface area contributed by atoms with Crippen molar-refractivity contribution >= 4 is 23.2 Å². The second kappa shape index (κ2) is 8.13. The van der Waals surface area contributed by atoms with E-state index in [1.165, 1.54) is 0 Å². The summed E-state index contributed by atoms with van der Waals surface area (Å²) in [5, 5.41) is 24.1. The fraction of sp³-hybridized carbons (Fsp3) is 0.333. The number of aliphatic hydroxyl groups is 2. The van der Waals surface area contributed by atoms with Crippen LogP contribution in [-0.4, -0.2) is 29.0 Å². The number of hydrogen-bond donors (Lipinski definition) is 3. The lowest BCUT2D eigenvalue weighted by Gasteiger charge is -2.34. The predicted molar refractivity (Wildman–Crippen MR) is 95.1 cm³/mol. The Morgan fingerprint density at radius 2 is 1.65 bits per heavy atom. The molecule has 0 bridgehead atoms. The van der Waals surface area contributed by atoms with Gasteiger partial charge >= 0.3 is 0 Å². The average Bonchev–Trinajstić information content (AvgIpc) is 2.58. The Morgan fingerprint density at radius 1 is 1.00 bits per heavy atom. The quantitative estimate of drug-likeness (QED) is 0.712. The minimum Gasteiger partial charge on any atom is -0.394 e. The first-order valence-electron chi connectivity index (χ1n) is 7.48. The van der Waals surface area contributed by atoms with Gasteiger partial charge < -0.3 is 15.5 Å². The van der Waals surface area contributed by atoms with Gasteiger partial charge in [0.05, 0.1) is 28.8 Å². The molecule has 0 aliphatic heterocycles. The third kappa shape index (κ3) is 4.69. The molecule has 5 heteroatoms. The summed E-state index contributed by atoms with van der Waals surface area (Å²) in [5.41, 5.74) is 1.15. The van der Waals surface area contributed by atoms with Crippen LogP contribution in [0.4, 0.5) is 0 Å². The molecule has 23 heavy (non-hydrogen) atoms. The Bertz CT molecular complexity index is 630. The molecular weight excluding hydrogens is 333 g/mol. The fourth-order valence-electron chi connectivity index (χ4n) is 2.63. The molecule has 0 unspecified atom stereocenters. The van der Waals surface area contributed by atoms with Crippen LogP contribution in [0.15, 0.2) is 48.5 Å². The molecule has 0 aliphatic carbocycles. The van der Waals surface area contributed by atoms with Crippen LogP contribution in [0.1, 0.15) is 24.1 Å². The topological polar surface area (TPSA) is 52.5 Å². The highest BCUT2D eigenvalue weighted by Crippen LogP contribution is 2.26. The van der Waals surface area contributed by atoms with E-state index in [4.69, 9.17) is 23.2 Å². The van der Waals surface area contributed by atoms with Gasteiger partial charge in [0.15, 0.2) is 0 Å². The van der Waals surface area contributed by atoms with Gasteiger partial charge in [-0.05, 0) is 36.6 Å². The standard InChI is InChI=1S/C18H21Cl2NO2/c1-13(15-5-3-2-4-6-15)21-18(11-22,12-23)10-14-7-8-16(19)17(20)9-14/h2-9,13,21-23H,10-12H2,1H3/t13-/m0/s1. The SMILES string of the molecule is C[C@H](NC(CO)(CO)Cc1ccc(Cl)c(Cl)c1)c1ccccc1. The Hall–Kier alpha value is -1.10. The van der Waals surface area contributed by atoms with Crippen molar-refractivity contribution in [3.8, 4) is 0 Å². The summed E-state index contributed by atoms with van der Waals surface area (Å²) in [6, 6.07) is 15.2. The molecule has 124 valence electrons. The number of benzene rings is 2. The number of halogens is 2. The zero-order valence-corrected chi connectivity index (χ0v) is 14.5. The van der Waals surface area contributed by atoms with E-state index in [0.717, 1.165) is 11.1 Å². The van der Waals surface area contributed by atoms with E-state index in [1.807, 2.05) is 43.3 Å². The molecule has 0 radical (unpaired) electrons. The van der Waals surface area contributed by atoms with E-state index in [9.17, 15) is 10.2 Å². The van der Waals surface area contributed by atoms with E-state index in [1.54, 1.807) is 12.1 Å². The van der Waals surface area contributed by atoms with Crippen molar-refractivity contribution in [2.24, 2.45) is 0 Å². The molecular formula is C18H21Cl2NO2. The zero-order chi connectivity index (χ0) is 16.9. The highest BCUT2D eigenvalue weighted by molar-refractivity contribution is 6.42. The van der Waals surface area contributed by atoms with Crippen LogP contribution in [0.25, 0.3) is 0 Å². The second-order valence-corrected chi connectivity index (χ2v) is 6.61. The second-order valence-electron chi connectivity index (χ2n) is 5.80. The highest BCUT2D eigenvalue weighted by atomic mass is 35.5. The molecule has 0 saturated heterocycles. The van der Waals surface area contributed by atoms with E-state index in [0.29, 0.717) is 16.5 Å². The summed E-state index contributed by atoms with van der Waals surface area (Å²) in [6.45, 7) is 1.62. The molecule has 0 aliphatic rings. The summed E-state index contributed by atoms with van der Waals surface area (Å²) in [5.74, 6) is 0. The summed E-state index contributed by atoms with van der Waals surface area (Å²) < 4.78 is 0. The highest BCUT2D eigenvalue weighted by Gasteiger charge is 2.31. The van der Waals surface area contributed by atoms with Gasteiger partial charge in [-0.25, -0.2) is 0 Å². The molecule has 3 nitrogen and oxygen atoms in total. The van der Waals surface area contributed by atoms with Gasteiger partial charge in [0.25, 0.3) is 0 Å². The van der Waals surface area contributed by atoms with Crippen molar-refractivity contribution in [1.82, 2.24) is 5.32 Å². The van der Waals surface area contributed by atoms with E-state index in [-0.39, 0.29) is 19.3 Å². The van der Waals surface area contributed by atoms with Gasteiger partial charge in [0.2, 0.25) is 0 Å². The van der Waals surface area contributed by atoms with Gasteiger partial charge in [-0.1, -0.05) is 59.6 Å². The lowest BCUT2D eigenvalue weighted by atomic mass is 9.90. The Morgan fingerprint density at radius 3 is 2.22 bits per heavy atom. The predicted octanol–water partition coefficient (Wildman–Crippen LogP) is 3.61. The van der Waals surface area contributed by atoms with Gasteiger partial charge in [-0.3, -0.25) is 0 Å². The van der Waals surface area contributed by atoms with Gasteiger partial charge in [0.1, 0.15) is 0 Å². The normalized spacial score (nSPS) is 13.1. The van der Waals surface area contributed by atoms with E-state index >= 15 is 0 Å². The number of rotatable bonds is 7.